The number of rotatable bonds is 6. The molecular weight excluding hydrogens is 254 g/mol. The minimum atomic E-state index is -0.126. The van der Waals surface area contributed by atoms with E-state index >= 15 is 0 Å². The lowest BCUT2D eigenvalue weighted by Crippen LogP contribution is -2.30. The number of anilines is 1. The summed E-state index contributed by atoms with van der Waals surface area (Å²) in [6.45, 7) is 4.68. The number of hydrogen-bond acceptors (Lipinski definition) is 3. The molecule has 0 radical (unpaired) electrons. The summed E-state index contributed by atoms with van der Waals surface area (Å²) < 4.78 is 0. The van der Waals surface area contributed by atoms with Crippen molar-refractivity contribution < 1.29 is 9.59 Å². The van der Waals surface area contributed by atoms with E-state index in [0.717, 1.165) is 18.4 Å². The summed E-state index contributed by atoms with van der Waals surface area (Å²) in [6.07, 6.45) is 2.30. The van der Waals surface area contributed by atoms with Gasteiger partial charge in [-0.15, -0.1) is 0 Å². The minimum absolute atomic E-state index is 0.0759. The lowest BCUT2D eigenvalue weighted by molar-refractivity contribution is -0.115. The first kappa shape index (κ1) is 14.5. The van der Waals surface area contributed by atoms with Crippen LogP contribution in [-0.4, -0.2) is 30.9 Å². The highest BCUT2D eigenvalue weighted by atomic mass is 16.2. The molecule has 3 N–H and O–H groups in total. The van der Waals surface area contributed by atoms with Crippen LogP contribution in [0.5, 0.6) is 0 Å². The van der Waals surface area contributed by atoms with E-state index in [4.69, 9.17) is 0 Å². The van der Waals surface area contributed by atoms with Crippen LogP contribution in [0.3, 0.4) is 0 Å². The van der Waals surface area contributed by atoms with Crippen molar-refractivity contribution in [1.82, 2.24) is 10.6 Å². The topological polar surface area (TPSA) is 70.2 Å². The first-order valence-corrected chi connectivity index (χ1v) is 7.02. The van der Waals surface area contributed by atoms with Crippen LogP contribution in [0, 0.1) is 6.92 Å². The number of benzene rings is 1. The van der Waals surface area contributed by atoms with Crippen molar-refractivity contribution in [2.24, 2.45) is 0 Å². The summed E-state index contributed by atoms with van der Waals surface area (Å²) >= 11 is 0. The van der Waals surface area contributed by atoms with Gasteiger partial charge < -0.3 is 16.0 Å². The Morgan fingerprint density at radius 3 is 2.70 bits per heavy atom. The van der Waals surface area contributed by atoms with Gasteiger partial charge in [0.05, 0.1) is 6.54 Å². The smallest absolute Gasteiger partial charge is 0.251 e. The maximum atomic E-state index is 11.8. The third-order valence-electron chi connectivity index (χ3n) is 3.24. The Labute approximate surface area is 119 Å². The van der Waals surface area contributed by atoms with Gasteiger partial charge in [-0.05, 0) is 44.4 Å². The van der Waals surface area contributed by atoms with Crippen LogP contribution in [0.15, 0.2) is 18.2 Å². The largest absolute Gasteiger partial charge is 0.352 e. The maximum Gasteiger partial charge on any atom is 0.251 e. The molecule has 1 saturated carbocycles. The second kappa shape index (κ2) is 6.52. The van der Waals surface area contributed by atoms with Crippen LogP contribution >= 0.6 is 0 Å². The van der Waals surface area contributed by atoms with Crippen molar-refractivity contribution in [1.29, 1.82) is 0 Å². The summed E-state index contributed by atoms with van der Waals surface area (Å²) in [5.74, 6) is -0.202. The fraction of sp³-hybridized carbons (Fsp3) is 0.467. The Balaban J connectivity index is 1.99. The van der Waals surface area contributed by atoms with Gasteiger partial charge in [0.1, 0.15) is 0 Å². The predicted molar refractivity (Wildman–Crippen MR) is 78.8 cm³/mol. The molecule has 1 aromatic rings. The monoisotopic (exact) mass is 275 g/mol. The fourth-order valence-corrected chi connectivity index (χ4v) is 1.88. The van der Waals surface area contributed by atoms with E-state index in [2.05, 4.69) is 16.0 Å². The quantitative estimate of drug-likeness (QED) is 0.735. The second-order valence-corrected chi connectivity index (χ2v) is 5.09. The van der Waals surface area contributed by atoms with E-state index in [1.807, 2.05) is 19.9 Å². The number of carbonyl (C=O) groups excluding carboxylic acids is 2. The van der Waals surface area contributed by atoms with Gasteiger partial charge in [0.2, 0.25) is 5.91 Å². The number of nitrogens with one attached hydrogen (secondary N) is 3. The van der Waals surface area contributed by atoms with Gasteiger partial charge in [0.25, 0.3) is 5.91 Å². The van der Waals surface area contributed by atoms with Gasteiger partial charge in [-0.25, -0.2) is 0 Å². The standard InChI is InChI=1S/C15H21N3O2/c1-3-16-15(20)11-5-4-10(2)13(8-11)18-14(19)9-17-12-6-7-12/h4-5,8,12,17H,3,6-7,9H2,1-2H3,(H,16,20)(H,18,19). The van der Waals surface area contributed by atoms with Crippen molar-refractivity contribution in [3.05, 3.63) is 29.3 Å². The van der Waals surface area contributed by atoms with Crippen LogP contribution in [-0.2, 0) is 4.79 Å². The molecule has 1 aromatic carbocycles. The lowest BCUT2D eigenvalue weighted by atomic mass is 10.1. The molecule has 1 aliphatic carbocycles. The van der Waals surface area contributed by atoms with E-state index in [-0.39, 0.29) is 11.8 Å². The molecule has 0 bridgehead atoms. The van der Waals surface area contributed by atoms with E-state index in [1.54, 1.807) is 12.1 Å². The molecule has 0 heterocycles. The van der Waals surface area contributed by atoms with Gasteiger partial charge in [0.15, 0.2) is 0 Å². The molecule has 20 heavy (non-hydrogen) atoms. The minimum Gasteiger partial charge on any atom is -0.352 e. The van der Waals surface area contributed by atoms with Crippen molar-refractivity contribution in [2.45, 2.75) is 32.7 Å². The van der Waals surface area contributed by atoms with Gasteiger partial charge in [0, 0.05) is 23.8 Å². The van der Waals surface area contributed by atoms with E-state index in [1.165, 1.54) is 0 Å². The fourth-order valence-electron chi connectivity index (χ4n) is 1.88. The van der Waals surface area contributed by atoms with Crippen LogP contribution in [0.4, 0.5) is 5.69 Å². The number of aryl methyl sites for hydroxylation is 1. The molecule has 2 amide bonds. The Hall–Kier alpha value is -1.88. The molecule has 0 atom stereocenters. The zero-order valence-electron chi connectivity index (χ0n) is 12.0. The zero-order valence-corrected chi connectivity index (χ0v) is 12.0. The van der Waals surface area contributed by atoms with Crippen LogP contribution in [0.25, 0.3) is 0 Å². The average Bonchev–Trinajstić information content (AvgIpc) is 3.23. The second-order valence-electron chi connectivity index (χ2n) is 5.09. The van der Waals surface area contributed by atoms with E-state index < -0.39 is 0 Å². The Morgan fingerprint density at radius 1 is 1.30 bits per heavy atom. The normalized spacial score (nSPS) is 13.9. The molecule has 0 aliphatic heterocycles. The number of amides is 2. The first-order valence-electron chi connectivity index (χ1n) is 7.02. The predicted octanol–water partition coefficient (Wildman–Crippen LogP) is 1.44. The van der Waals surface area contributed by atoms with Crippen LogP contribution < -0.4 is 16.0 Å². The molecule has 2 rings (SSSR count). The highest BCUT2D eigenvalue weighted by Gasteiger charge is 2.21. The van der Waals surface area contributed by atoms with E-state index in [0.29, 0.717) is 30.4 Å². The molecule has 108 valence electrons. The highest BCUT2D eigenvalue weighted by Crippen LogP contribution is 2.19. The molecule has 1 aliphatic rings. The molecule has 0 saturated heterocycles. The summed E-state index contributed by atoms with van der Waals surface area (Å²) in [6, 6.07) is 5.82. The van der Waals surface area contributed by atoms with Gasteiger partial charge >= 0.3 is 0 Å². The maximum absolute atomic E-state index is 11.8. The SMILES string of the molecule is CCNC(=O)c1ccc(C)c(NC(=O)CNC2CC2)c1. The lowest BCUT2D eigenvalue weighted by Gasteiger charge is -2.11. The van der Waals surface area contributed by atoms with Crippen molar-refractivity contribution in [3.8, 4) is 0 Å². The van der Waals surface area contributed by atoms with Crippen LogP contribution in [0.2, 0.25) is 0 Å². The number of carbonyl (C=O) groups is 2. The Bertz CT molecular complexity index is 510. The molecular formula is C15H21N3O2. The summed E-state index contributed by atoms with van der Waals surface area (Å²) in [4.78, 5) is 23.6. The van der Waals surface area contributed by atoms with Crippen molar-refractivity contribution >= 4 is 17.5 Å². The number of hydrogen-bond donors (Lipinski definition) is 3. The summed E-state index contributed by atoms with van der Waals surface area (Å²) in [5.41, 5.74) is 2.19. The zero-order chi connectivity index (χ0) is 14.5. The first-order chi connectivity index (χ1) is 9.60. The van der Waals surface area contributed by atoms with E-state index in [9.17, 15) is 9.59 Å². The molecule has 0 unspecified atom stereocenters. The summed E-state index contributed by atoms with van der Waals surface area (Å²) in [7, 11) is 0. The van der Waals surface area contributed by atoms with Crippen molar-refractivity contribution in [3.63, 3.8) is 0 Å². The highest BCUT2D eigenvalue weighted by molar-refractivity contribution is 5.98. The van der Waals surface area contributed by atoms with Crippen molar-refractivity contribution in [2.75, 3.05) is 18.4 Å². The molecule has 0 aromatic heterocycles. The molecule has 5 heteroatoms. The molecule has 1 fully saturated rings. The third kappa shape index (κ3) is 4.06. The van der Waals surface area contributed by atoms with Crippen LogP contribution in [0.1, 0.15) is 35.7 Å². The Kier molecular flexibility index (Phi) is 4.74. The van der Waals surface area contributed by atoms with Gasteiger partial charge in [-0.1, -0.05) is 6.07 Å². The van der Waals surface area contributed by atoms with Gasteiger partial charge in [-0.3, -0.25) is 9.59 Å². The average molecular weight is 275 g/mol. The van der Waals surface area contributed by atoms with Gasteiger partial charge in [-0.2, -0.15) is 0 Å². The summed E-state index contributed by atoms with van der Waals surface area (Å²) in [5, 5.41) is 8.76. The Morgan fingerprint density at radius 2 is 2.05 bits per heavy atom. The molecule has 5 nitrogen and oxygen atoms in total. The molecule has 0 spiro atoms. The third-order valence-corrected chi connectivity index (χ3v) is 3.24.